The maximum atomic E-state index is 12.8. The van der Waals surface area contributed by atoms with E-state index in [4.69, 9.17) is 9.47 Å². The van der Waals surface area contributed by atoms with Gasteiger partial charge < -0.3 is 20.1 Å². The Kier molecular flexibility index (Phi) is 9.40. The summed E-state index contributed by atoms with van der Waals surface area (Å²) >= 11 is 1.56. The van der Waals surface area contributed by atoms with E-state index in [0.29, 0.717) is 35.7 Å². The van der Waals surface area contributed by atoms with E-state index in [1.807, 2.05) is 55.5 Å². The first-order valence-corrected chi connectivity index (χ1v) is 12.1. The SMILES string of the molecule is COc1ccc(CCNC(=O)c2ccccc2NC(=O)[C@H](C)SCc2ccccc2)cc1OC. The number of ether oxygens (including phenoxy) is 2. The molecular weight excluding hydrogens is 448 g/mol. The number of methoxy groups -OCH3 is 2. The highest BCUT2D eigenvalue weighted by molar-refractivity contribution is 7.99. The summed E-state index contributed by atoms with van der Waals surface area (Å²) < 4.78 is 10.6. The van der Waals surface area contributed by atoms with Crippen LogP contribution in [0.15, 0.2) is 72.8 Å². The summed E-state index contributed by atoms with van der Waals surface area (Å²) in [5, 5.41) is 5.59. The van der Waals surface area contributed by atoms with Gasteiger partial charge in [0.25, 0.3) is 5.91 Å². The second-order valence-electron chi connectivity index (χ2n) is 7.67. The van der Waals surface area contributed by atoms with E-state index >= 15 is 0 Å². The molecule has 3 aromatic carbocycles. The van der Waals surface area contributed by atoms with E-state index in [-0.39, 0.29) is 17.1 Å². The molecule has 6 nitrogen and oxygen atoms in total. The quantitative estimate of drug-likeness (QED) is 0.408. The van der Waals surface area contributed by atoms with Gasteiger partial charge in [-0.05, 0) is 48.7 Å². The highest BCUT2D eigenvalue weighted by atomic mass is 32.2. The van der Waals surface area contributed by atoms with Crippen molar-refractivity contribution in [1.29, 1.82) is 0 Å². The van der Waals surface area contributed by atoms with Crippen LogP contribution >= 0.6 is 11.8 Å². The van der Waals surface area contributed by atoms with Gasteiger partial charge in [0.2, 0.25) is 5.91 Å². The molecule has 0 aliphatic heterocycles. The molecular formula is C27H30N2O4S. The lowest BCUT2D eigenvalue weighted by Gasteiger charge is -2.15. The highest BCUT2D eigenvalue weighted by Gasteiger charge is 2.17. The lowest BCUT2D eigenvalue weighted by Crippen LogP contribution is -2.28. The Morgan fingerprint density at radius 2 is 1.59 bits per heavy atom. The molecule has 0 bridgehead atoms. The lowest BCUT2D eigenvalue weighted by molar-refractivity contribution is -0.115. The summed E-state index contributed by atoms with van der Waals surface area (Å²) in [5.74, 6) is 1.69. The Bertz CT molecular complexity index is 1100. The standard InChI is InChI=1S/C27H30N2O4S/c1-19(34-18-21-9-5-4-6-10-21)26(30)29-23-12-8-7-11-22(23)27(31)28-16-15-20-13-14-24(32-2)25(17-20)33-3/h4-14,17,19H,15-16,18H2,1-3H3,(H,28,31)(H,29,30)/t19-/m0/s1. The van der Waals surface area contributed by atoms with E-state index < -0.39 is 0 Å². The van der Waals surface area contributed by atoms with E-state index in [0.717, 1.165) is 11.3 Å². The van der Waals surface area contributed by atoms with Crippen LogP contribution in [-0.4, -0.2) is 37.8 Å². The molecule has 3 aromatic rings. The average molecular weight is 479 g/mol. The Balaban J connectivity index is 1.55. The largest absolute Gasteiger partial charge is 0.493 e. The van der Waals surface area contributed by atoms with Crippen molar-refractivity contribution in [2.45, 2.75) is 24.3 Å². The van der Waals surface area contributed by atoms with Crippen LogP contribution in [0.25, 0.3) is 0 Å². The summed E-state index contributed by atoms with van der Waals surface area (Å²) in [4.78, 5) is 25.6. The number of thioether (sulfide) groups is 1. The van der Waals surface area contributed by atoms with Gasteiger partial charge in [0.15, 0.2) is 11.5 Å². The van der Waals surface area contributed by atoms with Crippen molar-refractivity contribution in [2.24, 2.45) is 0 Å². The van der Waals surface area contributed by atoms with Gasteiger partial charge in [0.05, 0.1) is 30.7 Å². The summed E-state index contributed by atoms with van der Waals surface area (Å²) in [5.41, 5.74) is 3.12. The number of benzene rings is 3. The zero-order valence-electron chi connectivity index (χ0n) is 19.7. The Hall–Kier alpha value is -3.45. The molecule has 0 radical (unpaired) electrons. The van der Waals surface area contributed by atoms with Crippen LogP contribution in [0.1, 0.15) is 28.4 Å². The fraction of sp³-hybridized carbons (Fsp3) is 0.259. The minimum Gasteiger partial charge on any atom is -0.493 e. The van der Waals surface area contributed by atoms with Crippen molar-refractivity contribution in [2.75, 3.05) is 26.1 Å². The second kappa shape index (κ2) is 12.7. The zero-order valence-corrected chi connectivity index (χ0v) is 20.5. The summed E-state index contributed by atoms with van der Waals surface area (Å²) in [7, 11) is 3.19. The van der Waals surface area contributed by atoms with Crippen molar-refractivity contribution in [3.05, 3.63) is 89.5 Å². The Morgan fingerprint density at radius 3 is 2.32 bits per heavy atom. The number of rotatable bonds is 11. The molecule has 0 aliphatic carbocycles. The van der Waals surface area contributed by atoms with Gasteiger partial charge in [-0.3, -0.25) is 9.59 Å². The molecule has 0 saturated carbocycles. The van der Waals surface area contributed by atoms with Crippen molar-refractivity contribution in [3.63, 3.8) is 0 Å². The van der Waals surface area contributed by atoms with Crippen molar-refractivity contribution in [1.82, 2.24) is 5.32 Å². The molecule has 0 spiro atoms. The van der Waals surface area contributed by atoms with Gasteiger partial charge in [-0.2, -0.15) is 0 Å². The molecule has 0 aliphatic rings. The fourth-order valence-corrected chi connectivity index (χ4v) is 4.19. The summed E-state index contributed by atoms with van der Waals surface area (Å²) in [6, 6.07) is 22.8. The second-order valence-corrected chi connectivity index (χ2v) is 9.00. The Morgan fingerprint density at radius 1 is 0.882 bits per heavy atom. The summed E-state index contributed by atoms with van der Waals surface area (Å²) in [6.07, 6.45) is 0.633. The third-order valence-electron chi connectivity index (χ3n) is 5.29. The number of amides is 2. The van der Waals surface area contributed by atoms with Gasteiger partial charge in [0, 0.05) is 12.3 Å². The van der Waals surface area contributed by atoms with Gasteiger partial charge in [-0.25, -0.2) is 0 Å². The van der Waals surface area contributed by atoms with Crippen LogP contribution in [0.5, 0.6) is 11.5 Å². The molecule has 178 valence electrons. The first-order valence-electron chi connectivity index (χ1n) is 11.1. The molecule has 0 saturated heterocycles. The van der Waals surface area contributed by atoms with Gasteiger partial charge in [-0.1, -0.05) is 48.5 Å². The molecule has 2 N–H and O–H groups in total. The van der Waals surface area contributed by atoms with Crippen LogP contribution in [-0.2, 0) is 17.0 Å². The van der Waals surface area contributed by atoms with Crippen LogP contribution in [0.4, 0.5) is 5.69 Å². The topological polar surface area (TPSA) is 76.7 Å². The van der Waals surface area contributed by atoms with Crippen molar-refractivity contribution in [3.8, 4) is 11.5 Å². The highest BCUT2D eigenvalue weighted by Crippen LogP contribution is 2.27. The van der Waals surface area contributed by atoms with Crippen molar-refractivity contribution >= 4 is 29.3 Å². The molecule has 2 amide bonds. The van der Waals surface area contributed by atoms with Crippen LogP contribution in [0.2, 0.25) is 0 Å². The monoisotopic (exact) mass is 478 g/mol. The number of hydrogen-bond acceptors (Lipinski definition) is 5. The minimum atomic E-state index is -0.263. The molecule has 7 heteroatoms. The van der Waals surface area contributed by atoms with E-state index in [1.54, 1.807) is 50.2 Å². The Labute approximate surface area is 205 Å². The maximum Gasteiger partial charge on any atom is 0.253 e. The maximum absolute atomic E-state index is 12.8. The molecule has 0 heterocycles. The lowest BCUT2D eigenvalue weighted by atomic mass is 10.1. The van der Waals surface area contributed by atoms with Gasteiger partial charge >= 0.3 is 0 Å². The fourth-order valence-electron chi connectivity index (χ4n) is 3.35. The molecule has 34 heavy (non-hydrogen) atoms. The van der Waals surface area contributed by atoms with Crippen LogP contribution in [0.3, 0.4) is 0 Å². The van der Waals surface area contributed by atoms with E-state index in [9.17, 15) is 9.59 Å². The van der Waals surface area contributed by atoms with Crippen LogP contribution in [0, 0.1) is 0 Å². The normalized spacial score (nSPS) is 11.4. The van der Waals surface area contributed by atoms with E-state index in [2.05, 4.69) is 10.6 Å². The first-order chi connectivity index (χ1) is 16.5. The molecule has 0 aromatic heterocycles. The zero-order chi connectivity index (χ0) is 24.3. The number of nitrogens with one attached hydrogen (secondary N) is 2. The third kappa shape index (κ3) is 7.02. The van der Waals surface area contributed by atoms with Gasteiger partial charge in [0.1, 0.15) is 0 Å². The molecule has 0 fully saturated rings. The van der Waals surface area contributed by atoms with E-state index in [1.165, 1.54) is 5.56 Å². The molecule has 1 atom stereocenters. The van der Waals surface area contributed by atoms with Crippen molar-refractivity contribution < 1.29 is 19.1 Å². The number of anilines is 1. The minimum absolute atomic E-state index is 0.133. The summed E-state index contributed by atoms with van der Waals surface area (Å²) in [6.45, 7) is 2.31. The smallest absolute Gasteiger partial charge is 0.253 e. The molecule has 3 rings (SSSR count). The average Bonchev–Trinajstić information content (AvgIpc) is 2.87. The first kappa shape index (κ1) is 25.2. The van der Waals surface area contributed by atoms with Crippen LogP contribution < -0.4 is 20.1 Å². The predicted molar refractivity (Wildman–Crippen MR) is 138 cm³/mol. The predicted octanol–water partition coefficient (Wildman–Crippen LogP) is 4.94. The number of carbonyl (C=O) groups excluding carboxylic acids is 2. The third-order valence-corrected chi connectivity index (χ3v) is 6.50. The molecule has 0 unspecified atom stereocenters. The van der Waals surface area contributed by atoms with Gasteiger partial charge in [-0.15, -0.1) is 11.8 Å². The number of carbonyl (C=O) groups is 2. The number of hydrogen-bond donors (Lipinski definition) is 2. The number of para-hydroxylation sites is 1.